The van der Waals surface area contributed by atoms with Crippen LogP contribution in [-0.2, 0) is 9.53 Å². The van der Waals surface area contributed by atoms with Gasteiger partial charge in [-0.1, -0.05) is 24.4 Å². The number of ketones is 1. The van der Waals surface area contributed by atoms with Crippen LogP contribution in [0.1, 0.15) is 21.7 Å². The minimum atomic E-state index is -0.362. The van der Waals surface area contributed by atoms with Crippen molar-refractivity contribution < 1.29 is 14.3 Å². The number of benzene rings is 1. The largest absolute Gasteiger partial charge is 0.465 e. The van der Waals surface area contributed by atoms with Gasteiger partial charge in [0.2, 0.25) is 0 Å². The monoisotopic (exact) mass is 343 g/mol. The zero-order valence-corrected chi connectivity index (χ0v) is 13.9. The van der Waals surface area contributed by atoms with E-state index in [1.165, 1.54) is 18.4 Å². The summed E-state index contributed by atoms with van der Waals surface area (Å²) in [7, 11) is 1.36. The molecule has 1 aliphatic heterocycles. The Bertz CT molecular complexity index is 836. The lowest BCUT2D eigenvalue weighted by Gasteiger charge is -2.02. The average molecular weight is 343 g/mol. The Hall–Kier alpha value is -2.31. The lowest BCUT2D eigenvalue weighted by Crippen LogP contribution is -2.10. The quantitative estimate of drug-likeness (QED) is 0.526. The Balaban J connectivity index is 1.88. The number of rotatable bonds is 3. The van der Waals surface area contributed by atoms with E-state index in [0.717, 1.165) is 16.0 Å². The number of Topliss-reactive ketones (excluding diaryl/α,β-unsaturated/α-hetero) is 1. The van der Waals surface area contributed by atoms with Crippen molar-refractivity contribution in [3.63, 3.8) is 0 Å². The molecule has 1 aromatic heterocycles. The maximum Gasteiger partial charge on any atom is 0.337 e. The fourth-order valence-electron chi connectivity index (χ4n) is 2.29. The molecule has 0 amide bonds. The van der Waals surface area contributed by atoms with Crippen LogP contribution < -0.4 is 5.32 Å². The molecule has 1 aliphatic rings. The van der Waals surface area contributed by atoms with E-state index in [4.69, 9.17) is 17.0 Å². The molecule has 2 aromatic rings. The van der Waals surface area contributed by atoms with E-state index in [9.17, 15) is 9.59 Å². The van der Waals surface area contributed by atoms with Crippen molar-refractivity contribution in [2.75, 3.05) is 7.11 Å². The number of nitrogens with one attached hydrogen (secondary N) is 1. The molecule has 0 bridgehead atoms. The van der Waals surface area contributed by atoms with Crippen LogP contribution in [0, 0.1) is 0 Å². The first-order chi connectivity index (χ1) is 11.1. The highest BCUT2D eigenvalue weighted by Crippen LogP contribution is 2.28. The Morgan fingerprint density at radius 2 is 2.17 bits per heavy atom. The molecule has 0 atom stereocenters. The van der Waals surface area contributed by atoms with Crippen molar-refractivity contribution in [1.29, 1.82) is 0 Å². The number of hydrogen-bond donors (Lipinski definition) is 1. The topological polar surface area (TPSA) is 55.4 Å². The lowest BCUT2D eigenvalue weighted by molar-refractivity contribution is -0.114. The zero-order chi connectivity index (χ0) is 16.4. The van der Waals surface area contributed by atoms with Gasteiger partial charge in [-0.05, 0) is 40.8 Å². The second kappa shape index (κ2) is 6.44. The van der Waals surface area contributed by atoms with Crippen LogP contribution in [0.4, 0.5) is 0 Å². The molecule has 116 valence electrons. The molecule has 1 N–H and O–H groups in total. The predicted octanol–water partition coefficient (Wildman–Crippen LogP) is 3.43. The fourth-order valence-corrected chi connectivity index (χ4v) is 3.38. The molecule has 1 fully saturated rings. The maximum absolute atomic E-state index is 11.8. The number of thiocarbonyl (C=S) groups is 1. The number of allylic oxidation sites excluding steroid dienone is 1. The number of esters is 1. The van der Waals surface area contributed by atoms with Crippen molar-refractivity contribution in [3.8, 4) is 11.1 Å². The summed E-state index contributed by atoms with van der Waals surface area (Å²) in [5.41, 5.74) is 2.96. The van der Waals surface area contributed by atoms with Gasteiger partial charge in [-0.2, -0.15) is 0 Å². The van der Waals surface area contributed by atoms with Gasteiger partial charge in [0.05, 0.1) is 29.8 Å². The summed E-state index contributed by atoms with van der Waals surface area (Å²) in [6, 6.07) is 9.23. The summed E-state index contributed by atoms with van der Waals surface area (Å²) in [4.78, 5) is 24.9. The molecule has 0 saturated carbocycles. The number of ether oxygens (including phenoxy) is 1. The molecule has 0 spiro atoms. The minimum Gasteiger partial charge on any atom is -0.465 e. The second-order valence-corrected chi connectivity index (χ2v) is 6.45. The van der Waals surface area contributed by atoms with Gasteiger partial charge < -0.3 is 10.1 Å². The maximum atomic E-state index is 11.8. The Morgan fingerprint density at radius 1 is 1.35 bits per heavy atom. The highest BCUT2D eigenvalue weighted by molar-refractivity contribution is 7.80. The SMILES string of the molecule is COC(=O)c1cccc(-c2csc(C=C3NC(=S)CC3=O)c2)c1. The summed E-state index contributed by atoms with van der Waals surface area (Å²) in [5.74, 6) is -0.351. The van der Waals surface area contributed by atoms with E-state index in [-0.39, 0.29) is 18.2 Å². The molecular formula is C17H13NO3S2. The number of carbonyl (C=O) groups is 2. The molecular weight excluding hydrogens is 330 g/mol. The van der Waals surface area contributed by atoms with E-state index in [1.54, 1.807) is 18.2 Å². The van der Waals surface area contributed by atoms with Crippen molar-refractivity contribution >= 4 is 46.4 Å². The Labute approximate surface area is 142 Å². The smallest absolute Gasteiger partial charge is 0.337 e. The van der Waals surface area contributed by atoms with Gasteiger partial charge in [-0.3, -0.25) is 4.79 Å². The molecule has 6 heteroatoms. The Morgan fingerprint density at radius 3 is 2.87 bits per heavy atom. The third-order valence-corrected chi connectivity index (χ3v) is 4.54. The van der Waals surface area contributed by atoms with Gasteiger partial charge in [-0.15, -0.1) is 11.3 Å². The molecule has 0 unspecified atom stereocenters. The van der Waals surface area contributed by atoms with Gasteiger partial charge in [0, 0.05) is 4.88 Å². The van der Waals surface area contributed by atoms with Gasteiger partial charge in [0.1, 0.15) is 0 Å². The van der Waals surface area contributed by atoms with E-state index >= 15 is 0 Å². The summed E-state index contributed by atoms with van der Waals surface area (Å²) in [6.45, 7) is 0. The standard InChI is InChI=1S/C17H13NO3S2/c1-21-17(20)11-4-2-3-10(5-11)12-6-13(23-9-12)7-14-15(19)8-16(22)18-14/h2-7,9H,8H2,1H3,(H,18,22). The first kappa shape index (κ1) is 15.6. The van der Waals surface area contributed by atoms with Crippen LogP contribution in [-0.4, -0.2) is 23.9 Å². The van der Waals surface area contributed by atoms with E-state index in [2.05, 4.69) is 5.32 Å². The first-order valence-electron chi connectivity index (χ1n) is 6.89. The van der Waals surface area contributed by atoms with Gasteiger partial charge in [0.15, 0.2) is 5.78 Å². The first-order valence-corrected chi connectivity index (χ1v) is 8.17. The summed E-state index contributed by atoms with van der Waals surface area (Å²) < 4.78 is 4.74. The van der Waals surface area contributed by atoms with Crippen LogP contribution in [0.15, 0.2) is 41.4 Å². The van der Waals surface area contributed by atoms with Gasteiger partial charge in [-0.25, -0.2) is 4.79 Å². The molecule has 3 rings (SSSR count). The van der Waals surface area contributed by atoms with Crippen molar-refractivity contribution in [2.24, 2.45) is 0 Å². The molecule has 1 aromatic carbocycles. The Kier molecular flexibility index (Phi) is 4.36. The normalized spacial score (nSPS) is 15.8. The highest BCUT2D eigenvalue weighted by Gasteiger charge is 2.21. The molecule has 0 aliphatic carbocycles. The zero-order valence-electron chi connectivity index (χ0n) is 12.3. The summed E-state index contributed by atoms with van der Waals surface area (Å²) >= 11 is 6.53. The second-order valence-electron chi connectivity index (χ2n) is 5.02. The van der Waals surface area contributed by atoms with E-state index in [0.29, 0.717) is 16.2 Å². The predicted molar refractivity (Wildman–Crippen MR) is 94.4 cm³/mol. The van der Waals surface area contributed by atoms with Crippen molar-refractivity contribution in [1.82, 2.24) is 5.32 Å². The van der Waals surface area contributed by atoms with E-state index in [1.807, 2.05) is 23.6 Å². The van der Waals surface area contributed by atoms with Crippen LogP contribution >= 0.6 is 23.6 Å². The third-order valence-electron chi connectivity index (χ3n) is 3.42. The molecule has 23 heavy (non-hydrogen) atoms. The fraction of sp³-hybridized carbons (Fsp3) is 0.118. The minimum absolute atomic E-state index is 0.0117. The molecule has 0 radical (unpaired) electrons. The lowest BCUT2D eigenvalue weighted by atomic mass is 10.1. The number of hydrogen-bond acceptors (Lipinski definition) is 5. The molecule has 1 saturated heterocycles. The van der Waals surface area contributed by atoms with Crippen LogP contribution in [0.3, 0.4) is 0 Å². The van der Waals surface area contributed by atoms with Crippen molar-refractivity contribution in [3.05, 3.63) is 51.8 Å². The third kappa shape index (κ3) is 3.38. The molecule has 2 heterocycles. The summed E-state index contributed by atoms with van der Waals surface area (Å²) in [5, 5.41) is 4.91. The number of carbonyl (C=O) groups excluding carboxylic acids is 2. The van der Waals surface area contributed by atoms with Crippen molar-refractivity contribution in [2.45, 2.75) is 6.42 Å². The van der Waals surface area contributed by atoms with Gasteiger partial charge >= 0.3 is 5.97 Å². The average Bonchev–Trinajstić information content (AvgIpc) is 3.14. The van der Waals surface area contributed by atoms with Crippen LogP contribution in [0.5, 0.6) is 0 Å². The molecule has 4 nitrogen and oxygen atoms in total. The number of thiophene rings is 1. The highest BCUT2D eigenvalue weighted by atomic mass is 32.1. The number of methoxy groups -OCH3 is 1. The van der Waals surface area contributed by atoms with E-state index < -0.39 is 0 Å². The van der Waals surface area contributed by atoms with Crippen LogP contribution in [0.2, 0.25) is 0 Å². The summed E-state index contributed by atoms with van der Waals surface area (Å²) in [6.07, 6.45) is 2.08. The van der Waals surface area contributed by atoms with Gasteiger partial charge in [0.25, 0.3) is 0 Å². The van der Waals surface area contributed by atoms with Crippen LogP contribution in [0.25, 0.3) is 17.2 Å².